The Morgan fingerprint density at radius 2 is 2.00 bits per heavy atom. The van der Waals surface area contributed by atoms with E-state index in [1.54, 1.807) is 0 Å². The maximum absolute atomic E-state index is 13.1. The summed E-state index contributed by atoms with van der Waals surface area (Å²) in [6.45, 7) is 1.51. The van der Waals surface area contributed by atoms with Crippen LogP contribution < -0.4 is 10.6 Å². The number of rotatable bonds is 1. The molecule has 2 amide bonds. The van der Waals surface area contributed by atoms with Crippen LogP contribution in [0.2, 0.25) is 0 Å². The molecule has 76 valence electrons. The number of nitrogens with one attached hydrogen (secondary N) is 2. The van der Waals surface area contributed by atoms with Gasteiger partial charge in [0.1, 0.15) is 11.6 Å². The molecule has 0 fully saturated rings. The van der Waals surface area contributed by atoms with Gasteiger partial charge in [0.05, 0.1) is 5.69 Å². The van der Waals surface area contributed by atoms with Crippen molar-refractivity contribution in [3.63, 3.8) is 0 Å². The van der Waals surface area contributed by atoms with Gasteiger partial charge in [0.25, 0.3) is 0 Å². The maximum atomic E-state index is 13.1. The molecule has 0 aliphatic rings. The molecule has 0 aliphatic heterocycles. The first kappa shape index (κ1) is 10.4. The van der Waals surface area contributed by atoms with E-state index in [4.69, 9.17) is 0 Å². The maximum Gasteiger partial charge on any atom is 0.319 e. The highest BCUT2D eigenvalue weighted by molar-refractivity contribution is 5.89. The molecule has 0 aromatic heterocycles. The third-order valence-electron chi connectivity index (χ3n) is 1.72. The second-order valence-corrected chi connectivity index (χ2v) is 2.78. The van der Waals surface area contributed by atoms with E-state index in [0.29, 0.717) is 5.56 Å². The molecule has 0 aliphatic carbocycles. The van der Waals surface area contributed by atoms with Crippen LogP contribution in [0.5, 0.6) is 0 Å². The van der Waals surface area contributed by atoms with Crippen LogP contribution in [-0.4, -0.2) is 13.1 Å². The molecule has 1 aromatic carbocycles. The third kappa shape index (κ3) is 2.18. The van der Waals surface area contributed by atoms with Crippen LogP contribution >= 0.6 is 0 Å². The largest absolute Gasteiger partial charge is 0.341 e. The van der Waals surface area contributed by atoms with Gasteiger partial charge < -0.3 is 10.6 Å². The number of carbonyl (C=O) groups is 1. The van der Waals surface area contributed by atoms with Gasteiger partial charge in [-0.1, -0.05) is 0 Å². The van der Waals surface area contributed by atoms with Crippen molar-refractivity contribution in [1.29, 1.82) is 0 Å². The summed E-state index contributed by atoms with van der Waals surface area (Å²) in [5.41, 5.74) is 0.330. The minimum absolute atomic E-state index is 0.00856. The zero-order chi connectivity index (χ0) is 10.7. The Balaban J connectivity index is 3.02. The summed E-state index contributed by atoms with van der Waals surface area (Å²) in [6, 6.07) is 1.32. The Hall–Kier alpha value is -1.65. The topological polar surface area (TPSA) is 41.1 Å². The van der Waals surface area contributed by atoms with Gasteiger partial charge in [-0.15, -0.1) is 0 Å². The van der Waals surface area contributed by atoms with Gasteiger partial charge in [-0.2, -0.15) is 0 Å². The molecular formula is C9H10F2N2O. The highest BCUT2D eigenvalue weighted by Gasteiger charge is 2.10. The lowest BCUT2D eigenvalue weighted by Gasteiger charge is -2.08. The quantitative estimate of drug-likeness (QED) is 0.715. The Morgan fingerprint density at radius 1 is 1.36 bits per heavy atom. The Labute approximate surface area is 80.1 Å². The van der Waals surface area contributed by atoms with Crippen LogP contribution in [0.4, 0.5) is 19.3 Å². The summed E-state index contributed by atoms with van der Waals surface area (Å²) in [5, 5.41) is 4.54. The second kappa shape index (κ2) is 4.04. The molecule has 0 radical (unpaired) electrons. The van der Waals surface area contributed by atoms with Gasteiger partial charge in [-0.05, 0) is 18.6 Å². The van der Waals surface area contributed by atoms with E-state index in [-0.39, 0.29) is 5.69 Å². The highest BCUT2D eigenvalue weighted by Crippen LogP contribution is 2.20. The number of carbonyl (C=O) groups excluding carboxylic acids is 1. The van der Waals surface area contributed by atoms with Gasteiger partial charge >= 0.3 is 6.03 Å². The first-order valence-electron chi connectivity index (χ1n) is 3.99. The minimum atomic E-state index is -0.786. The van der Waals surface area contributed by atoms with E-state index in [2.05, 4.69) is 10.6 Å². The molecule has 0 unspecified atom stereocenters. The lowest BCUT2D eigenvalue weighted by atomic mass is 10.2. The molecule has 0 heterocycles. The van der Waals surface area contributed by atoms with E-state index in [0.717, 1.165) is 12.1 Å². The molecule has 3 nitrogen and oxygen atoms in total. The Kier molecular flexibility index (Phi) is 3.01. The lowest BCUT2D eigenvalue weighted by Crippen LogP contribution is -2.25. The van der Waals surface area contributed by atoms with E-state index in [1.807, 2.05) is 0 Å². The molecular weight excluding hydrogens is 190 g/mol. The molecule has 5 heteroatoms. The first-order chi connectivity index (χ1) is 6.54. The Morgan fingerprint density at radius 3 is 2.50 bits per heavy atom. The van der Waals surface area contributed by atoms with Crippen LogP contribution in [0.1, 0.15) is 5.56 Å². The average molecular weight is 200 g/mol. The van der Waals surface area contributed by atoms with Crippen molar-refractivity contribution in [2.45, 2.75) is 6.92 Å². The molecule has 0 spiro atoms. The first-order valence-corrected chi connectivity index (χ1v) is 3.99. The monoisotopic (exact) mass is 200 g/mol. The van der Waals surface area contributed by atoms with Gasteiger partial charge in [0.15, 0.2) is 0 Å². The van der Waals surface area contributed by atoms with E-state index >= 15 is 0 Å². The fourth-order valence-electron chi connectivity index (χ4n) is 1.04. The van der Waals surface area contributed by atoms with E-state index < -0.39 is 17.7 Å². The zero-order valence-electron chi connectivity index (χ0n) is 7.82. The van der Waals surface area contributed by atoms with Crippen molar-refractivity contribution in [2.75, 3.05) is 12.4 Å². The Bertz CT molecular complexity index is 343. The van der Waals surface area contributed by atoms with Crippen molar-refractivity contribution in [3.05, 3.63) is 29.3 Å². The number of hydrogen-bond donors (Lipinski definition) is 2. The predicted octanol–water partition coefficient (Wildman–Crippen LogP) is 2.02. The van der Waals surface area contributed by atoms with Crippen molar-refractivity contribution < 1.29 is 13.6 Å². The number of halogens is 2. The summed E-state index contributed by atoms with van der Waals surface area (Å²) in [4.78, 5) is 10.9. The van der Waals surface area contributed by atoms with Gasteiger partial charge in [-0.3, -0.25) is 0 Å². The van der Waals surface area contributed by atoms with Gasteiger partial charge in [-0.25, -0.2) is 13.6 Å². The van der Waals surface area contributed by atoms with Crippen LogP contribution in [0, 0.1) is 18.6 Å². The molecule has 14 heavy (non-hydrogen) atoms. The summed E-state index contributed by atoms with van der Waals surface area (Å²) >= 11 is 0. The lowest BCUT2D eigenvalue weighted by molar-refractivity contribution is 0.254. The fraction of sp³-hybridized carbons (Fsp3) is 0.222. The van der Waals surface area contributed by atoms with E-state index in [9.17, 15) is 13.6 Å². The van der Waals surface area contributed by atoms with Crippen molar-refractivity contribution in [2.24, 2.45) is 0 Å². The number of urea groups is 1. The fourth-order valence-corrected chi connectivity index (χ4v) is 1.04. The molecule has 0 bridgehead atoms. The molecule has 0 atom stereocenters. The summed E-state index contributed by atoms with van der Waals surface area (Å²) < 4.78 is 25.8. The highest BCUT2D eigenvalue weighted by atomic mass is 19.1. The van der Waals surface area contributed by atoms with E-state index in [1.165, 1.54) is 14.0 Å². The number of anilines is 1. The van der Waals surface area contributed by atoms with Crippen LogP contribution in [0.25, 0.3) is 0 Å². The molecule has 1 aromatic rings. The van der Waals surface area contributed by atoms with Gasteiger partial charge in [0.2, 0.25) is 0 Å². The smallest absolute Gasteiger partial charge is 0.319 e. The number of hydrogen-bond acceptors (Lipinski definition) is 1. The van der Waals surface area contributed by atoms with Gasteiger partial charge in [0, 0.05) is 13.1 Å². The molecule has 2 N–H and O–H groups in total. The average Bonchev–Trinajstić information content (AvgIpc) is 2.10. The SMILES string of the molecule is CNC(=O)Nc1c(C)cc(F)cc1F. The predicted molar refractivity (Wildman–Crippen MR) is 49.2 cm³/mol. The summed E-state index contributed by atoms with van der Waals surface area (Å²) in [6.07, 6.45) is 0. The standard InChI is InChI=1S/C9H10F2N2O/c1-5-3-6(10)4-7(11)8(5)13-9(14)12-2/h3-4H,1-2H3,(H2,12,13,14). The number of aryl methyl sites for hydroxylation is 1. The summed E-state index contributed by atoms with van der Waals surface area (Å²) in [7, 11) is 1.41. The third-order valence-corrected chi connectivity index (χ3v) is 1.72. The number of benzene rings is 1. The van der Waals surface area contributed by atoms with Crippen LogP contribution in [0.3, 0.4) is 0 Å². The normalized spacial score (nSPS) is 9.71. The van der Waals surface area contributed by atoms with Crippen molar-refractivity contribution in [3.8, 4) is 0 Å². The zero-order valence-corrected chi connectivity index (χ0v) is 7.82. The molecule has 0 saturated heterocycles. The van der Waals surface area contributed by atoms with Crippen molar-refractivity contribution >= 4 is 11.7 Å². The minimum Gasteiger partial charge on any atom is -0.341 e. The van der Waals surface area contributed by atoms with Crippen LogP contribution in [0.15, 0.2) is 12.1 Å². The van der Waals surface area contributed by atoms with Crippen molar-refractivity contribution in [1.82, 2.24) is 5.32 Å². The molecule has 1 rings (SSSR count). The second-order valence-electron chi connectivity index (χ2n) is 2.78. The number of amides is 2. The summed E-state index contributed by atoms with van der Waals surface area (Å²) in [5.74, 6) is -1.45. The molecule has 0 saturated carbocycles. The van der Waals surface area contributed by atoms with Crippen LogP contribution in [-0.2, 0) is 0 Å².